The van der Waals surface area contributed by atoms with Crippen molar-refractivity contribution in [2.45, 2.75) is 83.7 Å². The van der Waals surface area contributed by atoms with Gasteiger partial charge < -0.3 is 10.2 Å². The van der Waals surface area contributed by atoms with Crippen molar-refractivity contribution in [3.8, 4) is 0 Å². The number of carbonyl (C=O) groups is 1. The van der Waals surface area contributed by atoms with Crippen LogP contribution in [0.25, 0.3) is 0 Å². The van der Waals surface area contributed by atoms with Crippen molar-refractivity contribution >= 4 is 5.91 Å². The minimum atomic E-state index is -0.0389. The molecule has 0 aromatic carbocycles. The van der Waals surface area contributed by atoms with Crippen LogP contribution in [0, 0.1) is 11.3 Å². The van der Waals surface area contributed by atoms with E-state index in [2.05, 4.69) is 38.2 Å². The lowest BCUT2D eigenvalue weighted by Crippen LogP contribution is -2.48. The summed E-state index contributed by atoms with van der Waals surface area (Å²) in [7, 11) is 4.11. The van der Waals surface area contributed by atoms with Gasteiger partial charge in [-0.15, -0.1) is 0 Å². The Morgan fingerprint density at radius 1 is 1.19 bits per heavy atom. The van der Waals surface area contributed by atoms with Gasteiger partial charge in [-0.25, -0.2) is 0 Å². The van der Waals surface area contributed by atoms with E-state index in [1.165, 1.54) is 25.7 Å². The van der Waals surface area contributed by atoms with Crippen molar-refractivity contribution in [2.75, 3.05) is 14.1 Å². The van der Waals surface area contributed by atoms with Crippen LogP contribution in [0.5, 0.6) is 0 Å². The van der Waals surface area contributed by atoms with Crippen molar-refractivity contribution in [3.63, 3.8) is 0 Å². The fraction of sp³-hybridized carbons (Fsp3) is 0.944. The van der Waals surface area contributed by atoms with E-state index in [9.17, 15) is 4.79 Å². The van der Waals surface area contributed by atoms with E-state index in [1.54, 1.807) is 0 Å². The molecular formula is C18H34N2O. The highest BCUT2D eigenvalue weighted by Gasteiger charge is 2.44. The highest BCUT2D eigenvalue weighted by Crippen LogP contribution is 2.45. The summed E-state index contributed by atoms with van der Waals surface area (Å²) < 4.78 is 0. The Kier molecular flexibility index (Phi) is 5.70. The molecule has 0 saturated heterocycles. The molecule has 0 spiro atoms. The number of amides is 1. The number of rotatable bonds is 5. The molecule has 122 valence electrons. The van der Waals surface area contributed by atoms with E-state index >= 15 is 0 Å². The maximum absolute atomic E-state index is 13.2. The largest absolute Gasteiger partial charge is 0.342 e. The summed E-state index contributed by atoms with van der Waals surface area (Å²) in [4.78, 5) is 15.3. The molecule has 2 fully saturated rings. The molecule has 0 bridgehead atoms. The predicted octanol–water partition coefficient (Wildman–Crippen LogP) is 3.58. The fourth-order valence-electron chi connectivity index (χ4n) is 4.63. The van der Waals surface area contributed by atoms with Crippen LogP contribution in [-0.4, -0.2) is 37.0 Å². The van der Waals surface area contributed by atoms with Crippen LogP contribution in [0.1, 0.15) is 71.6 Å². The SMILES string of the molecule is CNC1CCC(N(C)C(=O)C2(CC(C)C)CCCC2)CC1. The van der Waals surface area contributed by atoms with E-state index < -0.39 is 0 Å². The molecule has 0 aromatic rings. The predicted molar refractivity (Wildman–Crippen MR) is 88.2 cm³/mol. The lowest BCUT2D eigenvalue weighted by molar-refractivity contribution is -0.144. The first-order chi connectivity index (χ1) is 9.98. The topological polar surface area (TPSA) is 32.3 Å². The third-order valence-corrected chi connectivity index (χ3v) is 5.79. The summed E-state index contributed by atoms with van der Waals surface area (Å²) in [6.45, 7) is 4.51. The molecule has 3 heteroatoms. The molecule has 0 unspecified atom stereocenters. The summed E-state index contributed by atoms with van der Waals surface area (Å²) >= 11 is 0. The van der Waals surface area contributed by atoms with Crippen LogP contribution < -0.4 is 5.32 Å². The summed E-state index contributed by atoms with van der Waals surface area (Å²) in [6.07, 6.45) is 10.5. The monoisotopic (exact) mass is 294 g/mol. The molecule has 1 amide bonds. The second-order valence-electron chi connectivity index (χ2n) is 7.80. The van der Waals surface area contributed by atoms with E-state index in [0.29, 0.717) is 23.9 Å². The lowest BCUT2D eigenvalue weighted by Gasteiger charge is -2.40. The highest BCUT2D eigenvalue weighted by molar-refractivity contribution is 5.83. The maximum atomic E-state index is 13.2. The van der Waals surface area contributed by atoms with Gasteiger partial charge in [0.05, 0.1) is 0 Å². The lowest BCUT2D eigenvalue weighted by atomic mass is 9.76. The van der Waals surface area contributed by atoms with Gasteiger partial charge in [0.25, 0.3) is 0 Å². The summed E-state index contributed by atoms with van der Waals surface area (Å²) in [6, 6.07) is 1.12. The molecule has 0 atom stereocenters. The molecule has 2 aliphatic rings. The molecule has 0 heterocycles. The molecule has 1 N–H and O–H groups in total. The Balaban J connectivity index is 2.00. The van der Waals surface area contributed by atoms with Crippen molar-refractivity contribution < 1.29 is 4.79 Å². The van der Waals surface area contributed by atoms with Gasteiger partial charge in [0.2, 0.25) is 5.91 Å². The van der Waals surface area contributed by atoms with Gasteiger partial charge in [0, 0.05) is 24.5 Å². The molecule has 2 aliphatic carbocycles. The second kappa shape index (κ2) is 7.13. The van der Waals surface area contributed by atoms with E-state index in [1.807, 2.05) is 0 Å². The first-order valence-corrected chi connectivity index (χ1v) is 8.93. The molecular weight excluding hydrogens is 260 g/mol. The third-order valence-electron chi connectivity index (χ3n) is 5.79. The fourth-order valence-corrected chi connectivity index (χ4v) is 4.63. The molecule has 0 radical (unpaired) electrons. The third kappa shape index (κ3) is 3.80. The van der Waals surface area contributed by atoms with Gasteiger partial charge in [-0.3, -0.25) is 4.79 Å². The molecule has 2 rings (SSSR count). The second-order valence-corrected chi connectivity index (χ2v) is 7.80. The van der Waals surface area contributed by atoms with Gasteiger partial charge >= 0.3 is 0 Å². The standard InChI is InChI=1S/C18H34N2O/c1-14(2)13-18(11-5-6-12-18)17(21)20(4)16-9-7-15(19-3)8-10-16/h14-16,19H,5-13H2,1-4H3. The highest BCUT2D eigenvalue weighted by atomic mass is 16.2. The smallest absolute Gasteiger partial charge is 0.228 e. The van der Waals surface area contributed by atoms with E-state index in [-0.39, 0.29) is 5.41 Å². The summed E-state index contributed by atoms with van der Waals surface area (Å²) in [5, 5.41) is 3.38. The van der Waals surface area contributed by atoms with Crippen LogP contribution in [-0.2, 0) is 4.79 Å². The van der Waals surface area contributed by atoms with Crippen molar-refractivity contribution in [2.24, 2.45) is 11.3 Å². The Morgan fingerprint density at radius 3 is 2.24 bits per heavy atom. The first-order valence-electron chi connectivity index (χ1n) is 8.93. The van der Waals surface area contributed by atoms with Crippen molar-refractivity contribution in [1.29, 1.82) is 0 Å². The Hall–Kier alpha value is -0.570. The minimum absolute atomic E-state index is 0.0389. The van der Waals surface area contributed by atoms with Crippen LogP contribution in [0.15, 0.2) is 0 Å². The first kappa shape index (κ1) is 16.8. The van der Waals surface area contributed by atoms with Gasteiger partial charge in [-0.1, -0.05) is 26.7 Å². The zero-order valence-corrected chi connectivity index (χ0v) is 14.5. The van der Waals surface area contributed by atoms with E-state index in [0.717, 1.165) is 32.1 Å². The number of hydrogen-bond donors (Lipinski definition) is 1. The Labute approximate surface area is 130 Å². The van der Waals surface area contributed by atoms with Gasteiger partial charge in [0.1, 0.15) is 0 Å². The quantitative estimate of drug-likeness (QED) is 0.840. The number of carbonyl (C=O) groups excluding carboxylic acids is 1. The van der Waals surface area contributed by atoms with Crippen LogP contribution in [0.3, 0.4) is 0 Å². The van der Waals surface area contributed by atoms with Crippen molar-refractivity contribution in [1.82, 2.24) is 10.2 Å². The average Bonchev–Trinajstić information content (AvgIpc) is 2.94. The number of hydrogen-bond acceptors (Lipinski definition) is 2. The Bertz CT molecular complexity index is 339. The molecule has 0 aliphatic heterocycles. The average molecular weight is 294 g/mol. The molecule has 3 nitrogen and oxygen atoms in total. The van der Waals surface area contributed by atoms with E-state index in [4.69, 9.17) is 0 Å². The van der Waals surface area contributed by atoms with Crippen molar-refractivity contribution in [3.05, 3.63) is 0 Å². The summed E-state index contributed by atoms with van der Waals surface area (Å²) in [5.41, 5.74) is -0.0389. The number of nitrogens with zero attached hydrogens (tertiary/aromatic N) is 1. The maximum Gasteiger partial charge on any atom is 0.228 e. The number of nitrogens with one attached hydrogen (secondary N) is 1. The van der Waals surface area contributed by atoms with Gasteiger partial charge in [-0.05, 0) is 57.9 Å². The van der Waals surface area contributed by atoms with Gasteiger partial charge in [-0.2, -0.15) is 0 Å². The molecule has 0 aromatic heterocycles. The van der Waals surface area contributed by atoms with Crippen LogP contribution >= 0.6 is 0 Å². The normalized spacial score (nSPS) is 28.8. The van der Waals surface area contributed by atoms with Gasteiger partial charge in [0.15, 0.2) is 0 Å². The van der Waals surface area contributed by atoms with Crippen LogP contribution in [0.4, 0.5) is 0 Å². The zero-order valence-electron chi connectivity index (χ0n) is 14.5. The molecule has 21 heavy (non-hydrogen) atoms. The Morgan fingerprint density at radius 2 is 1.76 bits per heavy atom. The zero-order chi connectivity index (χ0) is 15.5. The minimum Gasteiger partial charge on any atom is -0.342 e. The van der Waals surface area contributed by atoms with Crippen LogP contribution in [0.2, 0.25) is 0 Å². The molecule has 2 saturated carbocycles. The summed E-state index contributed by atoms with van der Waals surface area (Å²) in [5.74, 6) is 1.06.